The highest BCUT2D eigenvalue weighted by Crippen LogP contribution is 2.28. The lowest BCUT2D eigenvalue weighted by Gasteiger charge is -2.16. The van der Waals surface area contributed by atoms with Crippen molar-refractivity contribution in [3.63, 3.8) is 0 Å². The third-order valence-corrected chi connectivity index (χ3v) is 4.52. The third-order valence-electron chi connectivity index (χ3n) is 3.68. The van der Waals surface area contributed by atoms with Crippen LogP contribution in [0.5, 0.6) is 0 Å². The number of rotatable bonds is 3. The van der Waals surface area contributed by atoms with Gasteiger partial charge in [-0.05, 0) is 40.5 Å². The van der Waals surface area contributed by atoms with Crippen molar-refractivity contribution in [2.45, 2.75) is 12.5 Å². The van der Waals surface area contributed by atoms with Crippen molar-refractivity contribution in [1.29, 1.82) is 0 Å². The van der Waals surface area contributed by atoms with Crippen LogP contribution in [0.4, 0.5) is 0 Å². The Morgan fingerprint density at radius 3 is 2.57 bits per heavy atom. The smallest absolute Gasteiger partial charge is 0.0449 e. The summed E-state index contributed by atoms with van der Waals surface area (Å²) in [6.07, 6.45) is 0.722. The molecule has 2 N–H and O–H groups in total. The SMILES string of the molecule is NC(Cc1ccc(Br)cc1Cl)c1cccc2ccccc12. The normalized spacial score (nSPS) is 12.5. The molecule has 0 aliphatic heterocycles. The van der Waals surface area contributed by atoms with E-state index in [1.54, 1.807) is 0 Å². The van der Waals surface area contributed by atoms with Crippen LogP contribution in [-0.4, -0.2) is 0 Å². The molecule has 0 radical (unpaired) electrons. The van der Waals surface area contributed by atoms with Crippen LogP contribution in [0.2, 0.25) is 5.02 Å². The van der Waals surface area contributed by atoms with E-state index in [9.17, 15) is 0 Å². The first kappa shape index (κ1) is 14.6. The van der Waals surface area contributed by atoms with Gasteiger partial charge in [0.2, 0.25) is 0 Å². The van der Waals surface area contributed by atoms with Gasteiger partial charge in [-0.25, -0.2) is 0 Å². The molecule has 0 aliphatic rings. The fourth-order valence-electron chi connectivity index (χ4n) is 2.61. The molecule has 21 heavy (non-hydrogen) atoms. The highest BCUT2D eigenvalue weighted by molar-refractivity contribution is 9.10. The van der Waals surface area contributed by atoms with Crippen LogP contribution in [0.25, 0.3) is 10.8 Å². The lowest BCUT2D eigenvalue weighted by atomic mass is 9.95. The second-order valence-corrected chi connectivity index (χ2v) is 6.44. The molecule has 0 saturated carbocycles. The average Bonchev–Trinajstić information content (AvgIpc) is 2.49. The summed E-state index contributed by atoms with van der Waals surface area (Å²) in [4.78, 5) is 0. The topological polar surface area (TPSA) is 26.0 Å². The molecule has 0 aromatic heterocycles. The summed E-state index contributed by atoms with van der Waals surface area (Å²) in [6.45, 7) is 0. The van der Waals surface area contributed by atoms with Crippen LogP contribution < -0.4 is 5.73 Å². The molecule has 0 aliphatic carbocycles. The van der Waals surface area contributed by atoms with E-state index in [2.05, 4.69) is 46.3 Å². The first-order valence-corrected chi connectivity index (χ1v) is 7.99. The summed E-state index contributed by atoms with van der Waals surface area (Å²) in [7, 11) is 0. The van der Waals surface area contributed by atoms with E-state index in [0.29, 0.717) is 0 Å². The zero-order valence-corrected chi connectivity index (χ0v) is 13.7. The van der Waals surface area contributed by atoms with E-state index in [1.807, 2.05) is 30.3 Å². The van der Waals surface area contributed by atoms with E-state index in [4.69, 9.17) is 17.3 Å². The summed E-state index contributed by atoms with van der Waals surface area (Å²) >= 11 is 9.72. The third kappa shape index (κ3) is 3.13. The minimum atomic E-state index is -0.0743. The van der Waals surface area contributed by atoms with Crippen molar-refractivity contribution < 1.29 is 0 Å². The lowest BCUT2D eigenvalue weighted by Crippen LogP contribution is -2.14. The largest absolute Gasteiger partial charge is 0.324 e. The molecule has 1 atom stereocenters. The molecule has 0 fully saturated rings. The van der Waals surface area contributed by atoms with Crippen molar-refractivity contribution in [1.82, 2.24) is 0 Å². The number of benzene rings is 3. The van der Waals surface area contributed by atoms with Crippen molar-refractivity contribution in [2.75, 3.05) is 0 Å². The first-order valence-electron chi connectivity index (χ1n) is 6.82. The lowest BCUT2D eigenvalue weighted by molar-refractivity contribution is 0.728. The maximum atomic E-state index is 6.43. The maximum absolute atomic E-state index is 6.43. The van der Waals surface area contributed by atoms with Crippen molar-refractivity contribution in [3.8, 4) is 0 Å². The van der Waals surface area contributed by atoms with Crippen LogP contribution in [-0.2, 0) is 6.42 Å². The van der Waals surface area contributed by atoms with Gasteiger partial charge in [-0.3, -0.25) is 0 Å². The molecule has 3 heteroatoms. The Balaban J connectivity index is 1.95. The predicted octanol–water partition coefficient (Wildman–Crippen LogP) is 5.50. The van der Waals surface area contributed by atoms with E-state index >= 15 is 0 Å². The summed E-state index contributed by atoms with van der Waals surface area (Å²) in [5.74, 6) is 0. The van der Waals surface area contributed by atoms with Gasteiger partial charge in [0.25, 0.3) is 0 Å². The van der Waals surface area contributed by atoms with Crippen molar-refractivity contribution in [2.24, 2.45) is 5.73 Å². The van der Waals surface area contributed by atoms with Crippen LogP contribution >= 0.6 is 27.5 Å². The summed E-state index contributed by atoms with van der Waals surface area (Å²) < 4.78 is 0.981. The van der Waals surface area contributed by atoms with E-state index in [1.165, 1.54) is 10.8 Å². The van der Waals surface area contributed by atoms with E-state index in [-0.39, 0.29) is 6.04 Å². The predicted molar refractivity (Wildman–Crippen MR) is 93.7 cm³/mol. The number of fused-ring (bicyclic) bond motifs is 1. The standard InChI is InChI=1S/C18H15BrClN/c19-14-9-8-13(17(20)11-14)10-18(21)16-7-3-5-12-4-1-2-6-15(12)16/h1-9,11,18H,10,21H2. The van der Waals surface area contributed by atoms with Crippen LogP contribution in [0.1, 0.15) is 17.2 Å². The fourth-order valence-corrected chi connectivity index (χ4v) is 3.36. The molecule has 3 rings (SSSR count). The van der Waals surface area contributed by atoms with Gasteiger partial charge in [0, 0.05) is 15.5 Å². The van der Waals surface area contributed by atoms with Gasteiger partial charge < -0.3 is 5.73 Å². The van der Waals surface area contributed by atoms with Gasteiger partial charge in [-0.2, -0.15) is 0 Å². The summed E-state index contributed by atoms with van der Waals surface area (Å²) in [5, 5.41) is 3.17. The monoisotopic (exact) mass is 359 g/mol. The molecule has 0 heterocycles. The van der Waals surface area contributed by atoms with E-state index in [0.717, 1.165) is 27.0 Å². The average molecular weight is 361 g/mol. The number of halogens is 2. The minimum absolute atomic E-state index is 0.0743. The van der Waals surface area contributed by atoms with Gasteiger partial charge in [0.05, 0.1) is 0 Å². The molecule has 0 saturated heterocycles. The van der Waals surface area contributed by atoms with Crippen molar-refractivity contribution in [3.05, 3.63) is 81.3 Å². The van der Waals surface area contributed by atoms with Crippen LogP contribution in [0.3, 0.4) is 0 Å². The van der Waals surface area contributed by atoms with E-state index < -0.39 is 0 Å². The quantitative estimate of drug-likeness (QED) is 0.656. The number of nitrogens with two attached hydrogens (primary N) is 1. The molecule has 1 unspecified atom stereocenters. The molecule has 3 aromatic carbocycles. The molecule has 106 valence electrons. The van der Waals surface area contributed by atoms with Gasteiger partial charge >= 0.3 is 0 Å². The molecule has 1 nitrogen and oxygen atoms in total. The van der Waals surface area contributed by atoms with Gasteiger partial charge in [-0.1, -0.05) is 76.1 Å². The van der Waals surface area contributed by atoms with Gasteiger partial charge in [0.15, 0.2) is 0 Å². The molecule has 0 amide bonds. The Bertz CT molecular complexity index is 780. The van der Waals surface area contributed by atoms with Gasteiger partial charge in [-0.15, -0.1) is 0 Å². The van der Waals surface area contributed by atoms with Crippen molar-refractivity contribution >= 4 is 38.3 Å². The molecular weight excluding hydrogens is 346 g/mol. The minimum Gasteiger partial charge on any atom is -0.324 e. The molecule has 3 aromatic rings. The second-order valence-electron chi connectivity index (χ2n) is 5.11. The highest BCUT2D eigenvalue weighted by Gasteiger charge is 2.12. The highest BCUT2D eigenvalue weighted by atomic mass is 79.9. The first-order chi connectivity index (χ1) is 10.1. The summed E-state index contributed by atoms with van der Waals surface area (Å²) in [6, 6.07) is 20.4. The zero-order valence-electron chi connectivity index (χ0n) is 11.4. The van der Waals surface area contributed by atoms with Crippen LogP contribution in [0, 0.1) is 0 Å². The fraction of sp³-hybridized carbons (Fsp3) is 0.111. The Morgan fingerprint density at radius 2 is 1.76 bits per heavy atom. The zero-order chi connectivity index (χ0) is 14.8. The Morgan fingerprint density at radius 1 is 1.00 bits per heavy atom. The van der Waals surface area contributed by atoms with Gasteiger partial charge in [0.1, 0.15) is 0 Å². The van der Waals surface area contributed by atoms with Crippen LogP contribution in [0.15, 0.2) is 65.1 Å². The maximum Gasteiger partial charge on any atom is 0.0449 e. The number of hydrogen-bond donors (Lipinski definition) is 1. The molecular formula is C18H15BrClN. The second kappa shape index (κ2) is 6.18. The Hall–Kier alpha value is -1.35. The number of hydrogen-bond acceptors (Lipinski definition) is 1. The molecule has 0 spiro atoms. The Labute approximate surface area is 137 Å². The summed E-state index contributed by atoms with van der Waals surface area (Å²) in [5.41, 5.74) is 8.66. The Kier molecular flexibility index (Phi) is 4.29. The molecule has 0 bridgehead atoms.